The number of aromatic hydroxyl groups is 2. The van der Waals surface area contributed by atoms with Crippen molar-refractivity contribution in [3.05, 3.63) is 76.1 Å². The van der Waals surface area contributed by atoms with Crippen LogP contribution in [0.4, 0.5) is 5.82 Å². The van der Waals surface area contributed by atoms with Crippen LogP contribution in [0.3, 0.4) is 0 Å². The average Bonchev–Trinajstić information content (AvgIpc) is 2.99. The fourth-order valence-corrected chi connectivity index (χ4v) is 2.98. The molecule has 0 radical (unpaired) electrons. The largest absolute Gasteiger partial charge is 0.508 e. The molecule has 0 saturated heterocycles. The number of phenols is 1. The van der Waals surface area contributed by atoms with Gasteiger partial charge in [-0.25, -0.2) is 4.68 Å². The Morgan fingerprint density at radius 2 is 1.73 bits per heavy atom. The molecular formula is C19H16N4O3. The number of nitrogens with zero attached hydrogens (tertiary/aromatic N) is 2. The molecule has 2 aromatic heterocycles. The van der Waals surface area contributed by atoms with Crippen LogP contribution in [0.15, 0.2) is 59.4 Å². The summed E-state index contributed by atoms with van der Waals surface area (Å²) < 4.78 is 1.49. The van der Waals surface area contributed by atoms with E-state index in [0.717, 1.165) is 11.3 Å². The summed E-state index contributed by atoms with van der Waals surface area (Å²) in [6.45, 7) is 0. The minimum absolute atomic E-state index is 0.155. The van der Waals surface area contributed by atoms with Crippen LogP contribution < -0.4 is 11.3 Å². The number of H-pyrrole nitrogens is 1. The number of phenolic OH excluding ortho intramolecular Hbond substituents is 1. The Balaban J connectivity index is 1.93. The van der Waals surface area contributed by atoms with Gasteiger partial charge in [-0.2, -0.15) is 5.10 Å². The van der Waals surface area contributed by atoms with E-state index in [1.54, 1.807) is 24.3 Å². The van der Waals surface area contributed by atoms with Gasteiger partial charge in [0.15, 0.2) is 5.88 Å². The average molecular weight is 348 g/mol. The van der Waals surface area contributed by atoms with E-state index in [1.807, 2.05) is 30.3 Å². The van der Waals surface area contributed by atoms with Crippen LogP contribution in [0.25, 0.3) is 16.6 Å². The summed E-state index contributed by atoms with van der Waals surface area (Å²) >= 11 is 0. The molecule has 0 unspecified atom stereocenters. The normalized spacial score (nSPS) is 11.1. The molecule has 130 valence electrons. The second-order valence-corrected chi connectivity index (χ2v) is 5.98. The highest BCUT2D eigenvalue weighted by atomic mass is 16.3. The van der Waals surface area contributed by atoms with Gasteiger partial charge >= 0.3 is 0 Å². The minimum atomic E-state index is -0.494. The molecule has 5 N–H and O–H groups in total. The molecular weight excluding hydrogens is 332 g/mol. The summed E-state index contributed by atoms with van der Waals surface area (Å²) in [5.41, 5.74) is 8.05. The first-order valence-electron chi connectivity index (χ1n) is 8.00. The highest BCUT2D eigenvalue weighted by molar-refractivity contribution is 5.92. The zero-order chi connectivity index (χ0) is 18.3. The summed E-state index contributed by atoms with van der Waals surface area (Å²) in [5.74, 6) is 0.120. The predicted octanol–water partition coefficient (Wildman–Crippen LogP) is 2.30. The highest BCUT2D eigenvalue weighted by Gasteiger charge is 2.20. The molecule has 7 nitrogen and oxygen atoms in total. The van der Waals surface area contributed by atoms with Crippen LogP contribution in [-0.2, 0) is 6.42 Å². The monoisotopic (exact) mass is 348 g/mol. The maximum Gasteiger partial charge on any atom is 0.264 e. The van der Waals surface area contributed by atoms with Crippen molar-refractivity contribution in [1.29, 1.82) is 0 Å². The summed E-state index contributed by atoms with van der Waals surface area (Å²) in [4.78, 5) is 14.8. The summed E-state index contributed by atoms with van der Waals surface area (Å²) in [6, 6.07) is 15.8. The molecule has 2 aromatic carbocycles. The molecule has 4 aromatic rings. The molecule has 0 bridgehead atoms. The molecule has 0 saturated carbocycles. The Kier molecular flexibility index (Phi) is 3.62. The van der Waals surface area contributed by atoms with Crippen molar-refractivity contribution >= 4 is 16.7 Å². The van der Waals surface area contributed by atoms with E-state index >= 15 is 0 Å². The number of rotatable bonds is 3. The number of aromatic amines is 1. The van der Waals surface area contributed by atoms with Gasteiger partial charge in [0, 0.05) is 12.0 Å². The predicted molar refractivity (Wildman–Crippen MR) is 98.7 cm³/mol. The molecule has 0 aliphatic heterocycles. The second-order valence-electron chi connectivity index (χ2n) is 5.98. The number of nitrogens with one attached hydrogen (secondary N) is 1. The standard InChI is InChI=1S/C19H16N4O3/c20-17-15-16(22-23(17)12-4-2-1-3-5-12)14(18(25)21-19(15)26)10-11-6-8-13(24)9-7-11/h1-9,24-25H,10,20H2,(H,21,26). The van der Waals surface area contributed by atoms with Crippen molar-refractivity contribution < 1.29 is 10.2 Å². The van der Waals surface area contributed by atoms with Crippen molar-refractivity contribution in [3.8, 4) is 17.3 Å². The lowest BCUT2D eigenvalue weighted by Crippen LogP contribution is -2.09. The van der Waals surface area contributed by atoms with Crippen LogP contribution in [0.5, 0.6) is 11.6 Å². The smallest absolute Gasteiger partial charge is 0.264 e. The third kappa shape index (κ3) is 2.55. The molecule has 0 fully saturated rings. The van der Waals surface area contributed by atoms with Gasteiger partial charge in [-0.15, -0.1) is 0 Å². The first kappa shape index (κ1) is 15.8. The third-order valence-corrected chi connectivity index (χ3v) is 4.27. The maximum atomic E-state index is 12.3. The molecule has 0 aliphatic rings. The Morgan fingerprint density at radius 3 is 2.42 bits per heavy atom. The van der Waals surface area contributed by atoms with Gasteiger partial charge in [-0.1, -0.05) is 30.3 Å². The lowest BCUT2D eigenvalue weighted by atomic mass is 10.0. The lowest BCUT2D eigenvalue weighted by Gasteiger charge is -2.05. The number of nitrogen functional groups attached to an aromatic ring is 1. The first-order valence-corrected chi connectivity index (χ1v) is 8.00. The quantitative estimate of drug-likeness (QED) is 0.453. The number of benzene rings is 2. The van der Waals surface area contributed by atoms with Gasteiger partial charge in [0.05, 0.1) is 5.69 Å². The van der Waals surface area contributed by atoms with Crippen LogP contribution in [0.2, 0.25) is 0 Å². The summed E-state index contributed by atoms with van der Waals surface area (Å²) in [6.07, 6.45) is 0.324. The molecule has 0 atom stereocenters. The van der Waals surface area contributed by atoms with Crippen molar-refractivity contribution in [2.45, 2.75) is 6.42 Å². The third-order valence-electron chi connectivity index (χ3n) is 4.27. The zero-order valence-electron chi connectivity index (χ0n) is 13.7. The number of hydrogen-bond acceptors (Lipinski definition) is 5. The zero-order valence-corrected chi connectivity index (χ0v) is 13.7. The topological polar surface area (TPSA) is 117 Å². The number of nitrogens with two attached hydrogens (primary N) is 1. The van der Waals surface area contributed by atoms with Crippen molar-refractivity contribution in [2.75, 3.05) is 5.73 Å². The number of anilines is 1. The van der Waals surface area contributed by atoms with E-state index in [4.69, 9.17) is 5.73 Å². The Hall–Kier alpha value is -3.74. The summed E-state index contributed by atoms with van der Waals surface area (Å²) in [7, 11) is 0. The molecule has 0 amide bonds. The van der Waals surface area contributed by atoms with Crippen LogP contribution in [0.1, 0.15) is 11.1 Å². The van der Waals surface area contributed by atoms with Crippen LogP contribution in [0, 0.1) is 0 Å². The van der Waals surface area contributed by atoms with E-state index in [2.05, 4.69) is 10.1 Å². The minimum Gasteiger partial charge on any atom is -0.508 e. The number of para-hydroxylation sites is 1. The van der Waals surface area contributed by atoms with Gasteiger partial charge in [-0.3, -0.25) is 9.78 Å². The number of pyridine rings is 1. The van der Waals surface area contributed by atoms with Gasteiger partial charge in [0.1, 0.15) is 22.5 Å². The Morgan fingerprint density at radius 1 is 1.04 bits per heavy atom. The van der Waals surface area contributed by atoms with E-state index in [1.165, 1.54) is 4.68 Å². The van der Waals surface area contributed by atoms with E-state index in [-0.39, 0.29) is 22.8 Å². The molecule has 7 heteroatoms. The highest BCUT2D eigenvalue weighted by Crippen LogP contribution is 2.29. The van der Waals surface area contributed by atoms with Crippen molar-refractivity contribution in [2.24, 2.45) is 0 Å². The fourth-order valence-electron chi connectivity index (χ4n) is 2.98. The molecule has 0 aliphatic carbocycles. The van der Waals surface area contributed by atoms with E-state index < -0.39 is 5.56 Å². The number of aromatic nitrogens is 3. The molecule has 0 spiro atoms. The Labute approximate surface area is 148 Å². The maximum absolute atomic E-state index is 12.3. The number of fused-ring (bicyclic) bond motifs is 1. The SMILES string of the molecule is Nc1c2c(=O)[nH]c(O)c(Cc3ccc(O)cc3)c2nn1-c1ccccc1. The van der Waals surface area contributed by atoms with Gasteiger partial charge in [0.2, 0.25) is 0 Å². The molecule has 2 heterocycles. The first-order chi connectivity index (χ1) is 12.5. The van der Waals surface area contributed by atoms with Crippen molar-refractivity contribution in [3.63, 3.8) is 0 Å². The van der Waals surface area contributed by atoms with E-state index in [9.17, 15) is 15.0 Å². The number of hydrogen-bond donors (Lipinski definition) is 4. The van der Waals surface area contributed by atoms with Gasteiger partial charge in [-0.05, 0) is 29.8 Å². The molecule has 4 rings (SSSR count). The van der Waals surface area contributed by atoms with Crippen LogP contribution in [-0.4, -0.2) is 25.0 Å². The van der Waals surface area contributed by atoms with Gasteiger partial charge < -0.3 is 15.9 Å². The lowest BCUT2D eigenvalue weighted by molar-refractivity contribution is 0.447. The van der Waals surface area contributed by atoms with Crippen molar-refractivity contribution in [1.82, 2.24) is 14.8 Å². The van der Waals surface area contributed by atoms with E-state index in [0.29, 0.717) is 17.5 Å². The van der Waals surface area contributed by atoms with Crippen LogP contribution >= 0.6 is 0 Å². The molecule has 26 heavy (non-hydrogen) atoms. The fraction of sp³-hybridized carbons (Fsp3) is 0.0526. The Bertz CT molecular complexity index is 1150. The van der Waals surface area contributed by atoms with Gasteiger partial charge in [0.25, 0.3) is 5.56 Å². The summed E-state index contributed by atoms with van der Waals surface area (Å²) in [5, 5.41) is 24.4. The second kappa shape index (κ2) is 5.96.